The van der Waals surface area contributed by atoms with E-state index in [1.807, 2.05) is 47.8 Å². The van der Waals surface area contributed by atoms with Gasteiger partial charge in [-0.3, -0.25) is 19.5 Å². The fraction of sp³-hybridized carbons (Fsp3) is 0.250. The van der Waals surface area contributed by atoms with Crippen molar-refractivity contribution in [2.75, 3.05) is 17.2 Å². The van der Waals surface area contributed by atoms with Gasteiger partial charge in [-0.2, -0.15) is 10.1 Å². The van der Waals surface area contributed by atoms with Gasteiger partial charge in [0.15, 0.2) is 5.82 Å². The molecule has 1 aromatic carbocycles. The number of carbonyl (C=O) groups excluding carboxylic acids is 1. The van der Waals surface area contributed by atoms with E-state index in [0.717, 1.165) is 29.1 Å². The second-order valence-electron chi connectivity index (χ2n) is 7.36. The van der Waals surface area contributed by atoms with Gasteiger partial charge < -0.3 is 5.32 Å². The summed E-state index contributed by atoms with van der Waals surface area (Å²) in [5.41, 5.74) is 1.69. The molecule has 1 saturated carbocycles. The first-order valence-electron chi connectivity index (χ1n) is 9.64. The van der Waals surface area contributed by atoms with Gasteiger partial charge in [0, 0.05) is 33.2 Å². The van der Waals surface area contributed by atoms with Crippen LogP contribution in [-0.2, 0) is 4.79 Å². The average molecular weight is 425 g/mol. The Balaban J connectivity index is 1.31. The summed E-state index contributed by atoms with van der Waals surface area (Å²) >= 11 is 1.50. The lowest BCUT2D eigenvalue weighted by molar-refractivity contribution is -0.117. The van der Waals surface area contributed by atoms with Gasteiger partial charge in [-0.15, -0.1) is 4.39 Å². The Morgan fingerprint density at radius 2 is 2.13 bits per heavy atom. The zero-order chi connectivity index (χ0) is 20.7. The van der Waals surface area contributed by atoms with E-state index in [-0.39, 0.29) is 11.8 Å². The van der Waals surface area contributed by atoms with Crippen molar-refractivity contribution in [1.82, 2.24) is 19.4 Å². The topological polar surface area (TPSA) is 91.3 Å². The number of aryl methyl sites for hydroxylation is 1. The molecule has 3 N–H and O–H groups in total. The van der Waals surface area contributed by atoms with Crippen LogP contribution in [0.15, 0.2) is 64.4 Å². The molecule has 2 aromatic rings. The van der Waals surface area contributed by atoms with Crippen molar-refractivity contribution < 1.29 is 9.18 Å². The van der Waals surface area contributed by atoms with Crippen molar-refractivity contribution in [1.29, 1.82) is 0 Å². The number of benzene rings is 1. The number of rotatable bonds is 6. The third-order valence-electron chi connectivity index (χ3n) is 4.85. The van der Waals surface area contributed by atoms with Gasteiger partial charge in [0.1, 0.15) is 12.7 Å². The molecular formula is C20H20FN7OS+. The van der Waals surface area contributed by atoms with Crippen LogP contribution in [0.4, 0.5) is 15.9 Å². The van der Waals surface area contributed by atoms with Gasteiger partial charge >= 0.3 is 5.95 Å². The molecule has 5 rings (SSSR count). The van der Waals surface area contributed by atoms with E-state index < -0.39 is 5.95 Å². The largest absolute Gasteiger partial charge is 0.366 e. The van der Waals surface area contributed by atoms with Crippen molar-refractivity contribution in [2.45, 2.75) is 24.7 Å². The Labute approximate surface area is 177 Å². The minimum absolute atomic E-state index is 0.0903. The van der Waals surface area contributed by atoms with Crippen molar-refractivity contribution in [3.63, 3.8) is 0 Å². The van der Waals surface area contributed by atoms with Crippen LogP contribution >= 0.6 is 11.9 Å². The number of anilines is 2. The van der Waals surface area contributed by atoms with Crippen molar-refractivity contribution >= 4 is 35.2 Å². The standard InChI is InChI=1S/C20H20FN7OS/c1-12-8-17(26-25-12)24-19-11-27(10-18-22-9-16(21)28(18)19)30-15-6-4-14(5-7-15)23-20(29)13-2-3-13/h4-9,11,13H,2-3,10H2,1H3,(H,23,29)(H2,24,25,26)/q+1. The Hall–Kier alpha value is -3.11. The zero-order valence-electron chi connectivity index (χ0n) is 16.2. The number of hydrogen-bond donors (Lipinski definition) is 3. The van der Waals surface area contributed by atoms with Gasteiger partial charge in [0.2, 0.25) is 5.91 Å². The summed E-state index contributed by atoms with van der Waals surface area (Å²) in [6, 6.07) is 9.53. The van der Waals surface area contributed by atoms with Crippen LogP contribution in [-0.4, -0.2) is 32.8 Å². The molecule has 30 heavy (non-hydrogen) atoms. The SMILES string of the molecule is Cc1cc(NC2=CN(Sc3ccc(NC(=O)C4CC4)cc3)CC3=NC=C(F)[N+]23)n[nH]1. The average Bonchev–Trinajstić information content (AvgIpc) is 3.41. The Kier molecular flexibility index (Phi) is 4.80. The molecule has 0 spiro atoms. The van der Waals surface area contributed by atoms with Crippen molar-refractivity contribution in [2.24, 2.45) is 10.9 Å². The summed E-state index contributed by atoms with van der Waals surface area (Å²) < 4.78 is 16.3. The molecule has 1 fully saturated rings. The molecule has 1 aromatic heterocycles. The Morgan fingerprint density at radius 3 is 2.83 bits per heavy atom. The van der Waals surface area contributed by atoms with E-state index in [4.69, 9.17) is 0 Å². The summed E-state index contributed by atoms with van der Waals surface area (Å²) in [6.07, 6.45) is 5.00. The highest BCUT2D eigenvalue weighted by Gasteiger charge is 2.44. The number of nitrogens with one attached hydrogen (secondary N) is 3. The normalized spacial score (nSPS) is 18.5. The van der Waals surface area contributed by atoms with Crippen molar-refractivity contribution in [3.05, 3.63) is 60.2 Å². The van der Waals surface area contributed by atoms with E-state index in [2.05, 4.69) is 25.8 Å². The monoisotopic (exact) mass is 425 g/mol. The smallest absolute Gasteiger partial charge is 0.326 e. The minimum Gasteiger partial charge on any atom is -0.326 e. The highest BCUT2D eigenvalue weighted by Crippen LogP contribution is 2.32. The summed E-state index contributed by atoms with van der Waals surface area (Å²) in [7, 11) is 0. The number of halogens is 1. The van der Waals surface area contributed by atoms with Crippen LogP contribution in [0.3, 0.4) is 0 Å². The summed E-state index contributed by atoms with van der Waals surface area (Å²) in [4.78, 5) is 18.5. The van der Waals surface area contributed by atoms with Crippen LogP contribution in [0.25, 0.3) is 0 Å². The first-order valence-corrected chi connectivity index (χ1v) is 10.4. The Morgan fingerprint density at radius 1 is 1.33 bits per heavy atom. The van der Waals surface area contributed by atoms with Gasteiger partial charge in [0.05, 0.1) is 6.20 Å². The second-order valence-corrected chi connectivity index (χ2v) is 8.49. The predicted molar refractivity (Wildman–Crippen MR) is 114 cm³/mol. The fourth-order valence-electron chi connectivity index (χ4n) is 3.20. The molecule has 8 nitrogen and oxygen atoms in total. The second kappa shape index (κ2) is 7.62. The maximum Gasteiger partial charge on any atom is 0.366 e. The number of aromatic amines is 1. The third-order valence-corrected chi connectivity index (χ3v) is 5.80. The zero-order valence-corrected chi connectivity index (χ0v) is 17.0. The van der Waals surface area contributed by atoms with Crippen LogP contribution in [0.5, 0.6) is 0 Å². The van der Waals surface area contributed by atoms with E-state index >= 15 is 0 Å². The number of amides is 1. The number of hydrogen-bond acceptors (Lipinski definition) is 7. The lowest BCUT2D eigenvalue weighted by Crippen LogP contribution is -2.44. The Bertz CT molecular complexity index is 1070. The van der Waals surface area contributed by atoms with Crippen LogP contribution in [0.1, 0.15) is 18.5 Å². The maximum atomic E-state index is 14.3. The maximum absolute atomic E-state index is 14.3. The molecule has 0 unspecified atom stereocenters. The highest BCUT2D eigenvalue weighted by molar-refractivity contribution is 7.97. The predicted octanol–water partition coefficient (Wildman–Crippen LogP) is 3.62. The van der Waals surface area contributed by atoms with Gasteiger partial charge in [-0.05, 0) is 56.0 Å². The van der Waals surface area contributed by atoms with Crippen LogP contribution < -0.4 is 15.5 Å². The molecule has 1 radical (unpaired) electrons. The molecule has 0 bridgehead atoms. The summed E-state index contributed by atoms with van der Waals surface area (Å²) in [6.45, 7) is 2.34. The van der Waals surface area contributed by atoms with Crippen LogP contribution in [0, 0.1) is 12.8 Å². The molecule has 2 aliphatic heterocycles. The van der Waals surface area contributed by atoms with E-state index in [0.29, 0.717) is 24.0 Å². The first-order chi connectivity index (χ1) is 14.5. The van der Waals surface area contributed by atoms with Gasteiger partial charge in [-0.1, -0.05) is 0 Å². The number of nitrogens with zero attached hydrogens (tertiary/aromatic N) is 4. The third kappa shape index (κ3) is 3.96. The lowest BCUT2D eigenvalue weighted by Gasteiger charge is -2.24. The number of H-pyrrole nitrogens is 1. The molecule has 1 aliphatic carbocycles. The minimum atomic E-state index is -0.434. The molecule has 0 saturated heterocycles. The number of carbonyl (C=O) groups is 1. The van der Waals surface area contributed by atoms with Gasteiger partial charge in [-0.25, -0.2) is 0 Å². The quantitative estimate of drug-likeness (QED) is 0.374. The molecule has 153 valence electrons. The number of fused-ring (bicyclic) bond motifs is 1. The van der Waals surface area contributed by atoms with E-state index in [1.165, 1.54) is 23.0 Å². The molecule has 1 amide bonds. The van der Waals surface area contributed by atoms with Crippen LogP contribution in [0.2, 0.25) is 0 Å². The van der Waals surface area contributed by atoms with E-state index in [1.54, 1.807) is 0 Å². The lowest BCUT2D eigenvalue weighted by atomic mass is 10.3. The molecule has 0 atom stereocenters. The first kappa shape index (κ1) is 18.9. The highest BCUT2D eigenvalue weighted by atomic mass is 32.2. The summed E-state index contributed by atoms with van der Waals surface area (Å²) in [5.74, 6) is 1.54. The van der Waals surface area contributed by atoms with Gasteiger partial charge in [0.25, 0.3) is 11.7 Å². The molecule has 10 heteroatoms. The number of aliphatic imine (C=N–C) groups is 1. The summed E-state index contributed by atoms with van der Waals surface area (Å²) in [5, 5.41) is 13.1. The number of aromatic nitrogens is 2. The number of amidine groups is 1. The molecule has 3 aliphatic rings. The van der Waals surface area contributed by atoms with Crippen molar-refractivity contribution in [3.8, 4) is 0 Å². The fourth-order valence-corrected chi connectivity index (χ4v) is 4.06. The molecular weight excluding hydrogens is 405 g/mol. The molecule has 3 heterocycles. The van der Waals surface area contributed by atoms with E-state index in [9.17, 15) is 9.18 Å².